The fraction of sp³-hybridized carbons (Fsp3) is 0.615. The highest BCUT2D eigenvalue weighted by Crippen LogP contribution is 2.22. The van der Waals surface area contributed by atoms with Crippen molar-refractivity contribution < 1.29 is 9.53 Å². The molecule has 84 valence electrons. The van der Waals surface area contributed by atoms with E-state index in [4.69, 9.17) is 4.74 Å². The Morgan fingerprint density at radius 2 is 2.07 bits per heavy atom. The molecule has 0 bridgehead atoms. The van der Waals surface area contributed by atoms with Crippen molar-refractivity contribution >= 4 is 5.78 Å². The molecule has 1 saturated heterocycles. The third kappa shape index (κ3) is 3.03. The molecule has 0 aromatic carbocycles. The fourth-order valence-corrected chi connectivity index (χ4v) is 1.65. The van der Waals surface area contributed by atoms with Gasteiger partial charge >= 0.3 is 0 Å². The van der Waals surface area contributed by atoms with Gasteiger partial charge in [0.2, 0.25) is 0 Å². The maximum atomic E-state index is 11.7. The van der Waals surface area contributed by atoms with Crippen LogP contribution in [0.2, 0.25) is 0 Å². The summed E-state index contributed by atoms with van der Waals surface area (Å²) in [6.45, 7) is 7.31. The van der Waals surface area contributed by atoms with Crippen LogP contribution >= 0.6 is 0 Å². The second kappa shape index (κ2) is 5.86. The van der Waals surface area contributed by atoms with Gasteiger partial charge in [0, 0.05) is 5.57 Å². The minimum Gasteiger partial charge on any atom is -0.380 e. The molecule has 2 nitrogen and oxygen atoms in total. The maximum Gasteiger partial charge on any atom is 0.170 e. The zero-order valence-electron chi connectivity index (χ0n) is 9.88. The molecule has 0 N–H and O–H groups in total. The van der Waals surface area contributed by atoms with Crippen LogP contribution in [0.15, 0.2) is 23.3 Å². The summed E-state index contributed by atoms with van der Waals surface area (Å²) in [6.07, 6.45) is 6.17. The second-order valence-corrected chi connectivity index (χ2v) is 3.79. The van der Waals surface area contributed by atoms with Crippen LogP contribution in [-0.4, -0.2) is 19.0 Å². The molecule has 0 amide bonds. The van der Waals surface area contributed by atoms with E-state index in [9.17, 15) is 4.79 Å². The standard InChI is InChI=1S/C11H14O2.C2H6/c1-8-3-2-4-9(5-8)11(12)10-6-13-7-10;1-2/h4-5,10H,2-3,6-7H2,1H3;1-2H3. The number of hydrogen-bond donors (Lipinski definition) is 0. The lowest BCUT2D eigenvalue weighted by molar-refractivity contribution is -0.132. The van der Waals surface area contributed by atoms with E-state index in [1.165, 1.54) is 5.57 Å². The molecule has 1 aliphatic carbocycles. The number of ether oxygens (including phenoxy) is 1. The molecule has 2 aliphatic rings. The SMILES string of the molecule is CC.CC1=CC(C(=O)C2COC2)=CCC1. The molecule has 2 rings (SSSR count). The minimum atomic E-state index is 0.133. The lowest BCUT2D eigenvalue weighted by Crippen LogP contribution is -2.35. The van der Waals surface area contributed by atoms with Gasteiger partial charge in [-0.25, -0.2) is 0 Å². The van der Waals surface area contributed by atoms with Gasteiger partial charge in [-0.3, -0.25) is 4.79 Å². The quantitative estimate of drug-likeness (QED) is 0.697. The van der Waals surface area contributed by atoms with Crippen molar-refractivity contribution in [2.75, 3.05) is 13.2 Å². The van der Waals surface area contributed by atoms with E-state index in [1.54, 1.807) is 0 Å². The van der Waals surface area contributed by atoms with Crippen LogP contribution < -0.4 is 0 Å². The van der Waals surface area contributed by atoms with Crippen molar-refractivity contribution in [2.45, 2.75) is 33.6 Å². The van der Waals surface area contributed by atoms with Crippen LogP contribution in [0.1, 0.15) is 33.6 Å². The molecule has 1 fully saturated rings. The highest BCUT2D eigenvalue weighted by molar-refractivity contribution is 6.00. The predicted octanol–water partition coefficient (Wildman–Crippen LogP) is 2.89. The summed E-state index contributed by atoms with van der Waals surface area (Å²) >= 11 is 0. The molecule has 0 aromatic heterocycles. The van der Waals surface area contributed by atoms with E-state index in [1.807, 2.05) is 26.0 Å². The van der Waals surface area contributed by atoms with Gasteiger partial charge in [0.05, 0.1) is 19.1 Å². The number of ketones is 1. The average Bonchev–Trinajstić information content (AvgIpc) is 2.18. The fourth-order valence-electron chi connectivity index (χ4n) is 1.65. The Labute approximate surface area is 92.0 Å². The third-order valence-electron chi connectivity index (χ3n) is 2.60. The van der Waals surface area contributed by atoms with Crippen LogP contribution in [0.5, 0.6) is 0 Å². The van der Waals surface area contributed by atoms with E-state index in [2.05, 4.69) is 6.92 Å². The molecular weight excluding hydrogens is 188 g/mol. The van der Waals surface area contributed by atoms with Crippen LogP contribution in [0.3, 0.4) is 0 Å². The Balaban J connectivity index is 0.000000531. The Hall–Kier alpha value is -0.890. The molecule has 1 aliphatic heterocycles. The van der Waals surface area contributed by atoms with Crippen molar-refractivity contribution in [1.29, 1.82) is 0 Å². The first-order valence-corrected chi connectivity index (χ1v) is 5.76. The molecule has 0 spiro atoms. The summed E-state index contributed by atoms with van der Waals surface area (Å²) in [4.78, 5) is 11.7. The summed E-state index contributed by atoms with van der Waals surface area (Å²) < 4.78 is 5.00. The Bertz CT molecular complexity index is 283. The van der Waals surface area contributed by atoms with E-state index in [0.717, 1.165) is 18.4 Å². The smallest absolute Gasteiger partial charge is 0.170 e. The van der Waals surface area contributed by atoms with E-state index in [-0.39, 0.29) is 11.7 Å². The second-order valence-electron chi connectivity index (χ2n) is 3.79. The topological polar surface area (TPSA) is 26.3 Å². The van der Waals surface area contributed by atoms with Crippen LogP contribution in [0.25, 0.3) is 0 Å². The number of Topliss-reactive ketones (excluding diaryl/α,β-unsaturated/α-hetero) is 1. The maximum absolute atomic E-state index is 11.7. The largest absolute Gasteiger partial charge is 0.380 e. The summed E-state index contributed by atoms with van der Waals surface area (Å²) in [5.41, 5.74) is 2.21. The molecule has 0 saturated carbocycles. The van der Waals surface area contributed by atoms with Gasteiger partial charge in [-0.15, -0.1) is 0 Å². The molecule has 1 heterocycles. The summed E-state index contributed by atoms with van der Waals surface area (Å²) in [7, 11) is 0. The Morgan fingerprint density at radius 3 is 2.53 bits per heavy atom. The lowest BCUT2D eigenvalue weighted by atomic mass is 9.90. The lowest BCUT2D eigenvalue weighted by Gasteiger charge is -2.25. The number of carbonyl (C=O) groups is 1. The van der Waals surface area contributed by atoms with Crippen molar-refractivity contribution in [2.24, 2.45) is 5.92 Å². The van der Waals surface area contributed by atoms with E-state index in [0.29, 0.717) is 13.2 Å². The molecule has 0 unspecified atom stereocenters. The summed E-state index contributed by atoms with van der Waals surface area (Å²) in [5.74, 6) is 0.402. The minimum absolute atomic E-state index is 0.133. The Morgan fingerprint density at radius 1 is 1.40 bits per heavy atom. The normalized spacial score (nSPS) is 20.5. The first-order valence-electron chi connectivity index (χ1n) is 5.76. The first-order chi connectivity index (χ1) is 7.27. The van der Waals surface area contributed by atoms with Gasteiger partial charge in [-0.1, -0.05) is 31.6 Å². The van der Waals surface area contributed by atoms with Gasteiger partial charge in [0.1, 0.15) is 0 Å². The Kier molecular flexibility index (Phi) is 4.76. The van der Waals surface area contributed by atoms with Gasteiger partial charge in [-0.05, 0) is 19.8 Å². The van der Waals surface area contributed by atoms with Crippen molar-refractivity contribution in [3.8, 4) is 0 Å². The van der Waals surface area contributed by atoms with E-state index < -0.39 is 0 Å². The highest BCUT2D eigenvalue weighted by atomic mass is 16.5. The molecule has 0 radical (unpaired) electrons. The highest BCUT2D eigenvalue weighted by Gasteiger charge is 2.28. The van der Waals surface area contributed by atoms with E-state index >= 15 is 0 Å². The zero-order chi connectivity index (χ0) is 11.3. The van der Waals surface area contributed by atoms with Crippen LogP contribution in [0.4, 0.5) is 0 Å². The summed E-state index contributed by atoms with van der Waals surface area (Å²) in [6, 6.07) is 0. The average molecular weight is 208 g/mol. The van der Waals surface area contributed by atoms with Crippen molar-refractivity contribution in [3.05, 3.63) is 23.3 Å². The number of allylic oxidation sites excluding steroid dienone is 4. The third-order valence-corrected chi connectivity index (χ3v) is 2.60. The van der Waals surface area contributed by atoms with Gasteiger partial charge in [0.25, 0.3) is 0 Å². The first kappa shape index (κ1) is 12.2. The number of rotatable bonds is 2. The predicted molar refractivity (Wildman–Crippen MR) is 61.7 cm³/mol. The monoisotopic (exact) mass is 208 g/mol. The summed E-state index contributed by atoms with van der Waals surface area (Å²) in [5, 5.41) is 0. The molecule has 2 heteroatoms. The number of carbonyl (C=O) groups excluding carboxylic acids is 1. The van der Waals surface area contributed by atoms with Gasteiger partial charge < -0.3 is 4.74 Å². The molecule has 15 heavy (non-hydrogen) atoms. The number of hydrogen-bond acceptors (Lipinski definition) is 2. The zero-order valence-corrected chi connectivity index (χ0v) is 9.88. The molecule has 0 atom stereocenters. The van der Waals surface area contributed by atoms with Crippen molar-refractivity contribution in [3.63, 3.8) is 0 Å². The van der Waals surface area contributed by atoms with Crippen molar-refractivity contribution in [1.82, 2.24) is 0 Å². The van der Waals surface area contributed by atoms with Crippen LogP contribution in [0, 0.1) is 5.92 Å². The molecular formula is C13H20O2. The van der Waals surface area contributed by atoms with Crippen LogP contribution in [-0.2, 0) is 9.53 Å². The molecule has 0 aromatic rings. The van der Waals surface area contributed by atoms with Gasteiger partial charge in [0.15, 0.2) is 5.78 Å². The van der Waals surface area contributed by atoms with Gasteiger partial charge in [-0.2, -0.15) is 0 Å².